The van der Waals surface area contributed by atoms with E-state index in [0.717, 1.165) is 49.6 Å². The maximum atomic E-state index is 13.1. The Morgan fingerprint density at radius 2 is 1.54 bits per heavy atom. The number of piperazine rings is 1. The Morgan fingerprint density at radius 1 is 0.964 bits per heavy atom. The van der Waals surface area contributed by atoms with Crippen LogP contribution in [-0.4, -0.2) is 61.0 Å². The summed E-state index contributed by atoms with van der Waals surface area (Å²) < 4.78 is 19.5. The maximum Gasteiger partial charge on any atom is 0.123 e. The van der Waals surface area contributed by atoms with E-state index in [4.69, 9.17) is 4.74 Å². The van der Waals surface area contributed by atoms with Crippen LogP contribution >= 0.6 is 0 Å². The third-order valence-electron chi connectivity index (χ3n) is 7.60. The molecule has 0 amide bonds. The van der Waals surface area contributed by atoms with Crippen molar-refractivity contribution in [1.29, 1.82) is 0 Å². The molecule has 4 nitrogen and oxygen atoms in total. The molecule has 28 heavy (non-hydrogen) atoms. The number of rotatable bonds is 6. The van der Waals surface area contributed by atoms with E-state index in [2.05, 4.69) is 9.80 Å². The van der Waals surface area contributed by atoms with Crippen molar-refractivity contribution in [1.82, 2.24) is 4.90 Å². The lowest BCUT2D eigenvalue weighted by molar-refractivity contribution is -0.176. The van der Waals surface area contributed by atoms with Crippen LogP contribution in [-0.2, 0) is 4.74 Å². The molecular weight excluding hydrogens is 355 g/mol. The van der Waals surface area contributed by atoms with E-state index in [1.807, 2.05) is 12.1 Å². The number of benzene rings is 1. The summed E-state index contributed by atoms with van der Waals surface area (Å²) in [6.07, 6.45) is 7.52. The largest absolute Gasteiger partial charge is 0.389 e. The lowest BCUT2D eigenvalue weighted by Gasteiger charge is -2.56. The van der Waals surface area contributed by atoms with E-state index in [-0.39, 0.29) is 11.4 Å². The van der Waals surface area contributed by atoms with Gasteiger partial charge in [-0.15, -0.1) is 0 Å². The summed E-state index contributed by atoms with van der Waals surface area (Å²) in [5.74, 6) is 2.44. The molecule has 1 atom stereocenters. The smallest absolute Gasteiger partial charge is 0.123 e. The zero-order chi connectivity index (χ0) is 19.1. The van der Waals surface area contributed by atoms with Crippen LogP contribution in [0, 0.1) is 23.6 Å². The molecule has 0 spiro atoms. The third kappa shape index (κ3) is 3.94. The van der Waals surface area contributed by atoms with Crippen LogP contribution in [0.3, 0.4) is 0 Å². The van der Waals surface area contributed by atoms with Crippen molar-refractivity contribution in [3.8, 4) is 0 Å². The van der Waals surface area contributed by atoms with Crippen molar-refractivity contribution in [2.45, 2.75) is 50.2 Å². The Kier molecular flexibility index (Phi) is 5.10. The first kappa shape index (κ1) is 18.8. The fourth-order valence-corrected chi connectivity index (χ4v) is 6.67. The maximum absolute atomic E-state index is 13.1. The Bertz CT molecular complexity index is 636. The van der Waals surface area contributed by atoms with E-state index in [1.54, 1.807) is 0 Å². The van der Waals surface area contributed by atoms with Gasteiger partial charge in [0.2, 0.25) is 0 Å². The van der Waals surface area contributed by atoms with Gasteiger partial charge >= 0.3 is 0 Å². The second-order valence-corrected chi connectivity index (χ2v) is 9.83. The van der Waals surface area contributed by atoms with Crippen molar-refractivity contribution in [3.05, 3.63) is 30.1 Å². The quantitative estimate of drug-likeness (QED) is 0.811. The van der Waals surface area contributed by atoms with Gasteiger partial charge in [0.1, 0.15) is 5.82 Å². The van der Waals surface area contributed by atoms with Crippen LogP contribution in [0.4, 0.5) is 10.1 Å². The molecule has 5 heteroatoms. The van der Waals surface area contributed by atoms with E-state index in [9.17, 15) is 9.50 Å². The lowest BCUT2D eigenvalue weighted by Crippen LogP contribution is -2.53. The highest BCUT2D eigenvalue weighted by Crippen LogP contribution is 2.57. The summed E-state index contributed by atoms with van der Waals surface area (Å²) >= 11 is 0. The zero-order valence-corrected chi connectivity index (χ0v) is 16.7. The fraction of sp³-hybridized carbons (Fsp3) is 0.739. The minimum atomic E-state index is -0.412. The van der Waals surface area contributed by atoms with Gasteiger partial charge in [0.05, 0.1) is 18.3 Å². The van der Waals surface area contributed by atoms with E-state index >= 15 is 0 Å². The van der Waals surface area contributed by atoms with Crippen molar-refractivity contribution < 1.29 is 14.2 Å². The molecule has 1 aromatic carbocycles. The van der Waals surface area contributed by atoms with Gasteiger partial charge in [-0.3, -0.25) is 4.90 Å². The molecular formula is C23H33FN2O2. The highest BCUT2D eigenvalue weighted by molar-refractivity contribution is 5.46. The molecule has 4 aliphatic carbocycles. The van der Waals surface area contributed by atoms with Crippen molar-refractivity contribution in [2.75, 3.05) is 44.2 Å². The normalized spacial score (nSPS) is 36.1. The number of aliphatic hydroxyl groups excluding tert-OH is 1. The van der Waals surface area contributed by atoms with Gasteiger partial charge < -0.3 is 14.7 Å². The number of hydrogen-bond donors (Lipinski definition) is 1. The minimum absolute atomic E-state index is 0.0804. The lowest BCUT2D eigenvalue weighted by atomic mass is 9.54. The average Bonchev–Trinajstić information content (AvgIpc) is 2.67. The van der Waals surface area contributed by atoms with Crippen LogP contribution in [0.2, 0.25) is 0 Å². The Balaban J connectivity index is 1.08. The van der Waals surface area contributed by atoms with Gasteiger partial charge in [0, 0.05) is 38.4 Å². The summed E-state index contributed by atoms with van der Waals surface area (Å²) in [6.45, 7) is 4.83. The topological polar surface area (TPSA) is 35.9 Å². The number of nitrogens with zero attached hydrogens (tertiary/aromatic N) is 2. The number of β-amino-alcohol motifs (C(OH)–C–C–N with tert-alkyl or cyclic N) is 1. The second kappa shape index (κ2) is 7.58. The van der Waals surface area contributed by atoms with Crippen molar-refractivity contribution >= 4 is 5.69 Å². The molecule has 1 saturated heterocycles. The van der Waals surface area contributed by atoms with Gasteiger partial charge in [-0.25, -0.2) is 4.39 Å². The second-order valence-electron chi connectivity index (χ2n) is 9.83. The highest BCUT2D eigenvalue weighted by atomic mass is 19.1. The van der Waals surface area contributed by atoms with Crippen LogP contribution in [0.25, 0.3) is 0 Å². The third-order valence-corrected chi connectivity index (χ3v) is 7.60. The SMILES string of the molecule is OC(COC12CC3CC(CC(C3)C1)C2)CN1CCN(c2ccc(F)cc2)CC1. The number of halogens is 1. The summed E-state index contributed by atoms with van der Waals surface area (Å²) in [5.41, 5.74) is 1.16. The number of aliphatic hydroxyl groups is 1. The first-order valence-corrected chi connectivity index (χ1v) is 11.1. The van der Waals surface area contributed by atoms with Crippen molar-refractivity contribution in [3.63, 3.8) is 0 Å². The Morgan fingerprint density at radius 3 is 2.11 bits per heavy atom. The molecule has 0 radical (unpaired) electrons. The van der Waals surface area contributed by atoms with Crippen molar-refractivity contribution in [2.24, 2.45) is 17.8 Å². The summed E-state index contributed by atoms with van der Waals surface area (Å²) in [5, 5.41) is 10.6. The summed E-state index contributed by atoms with van der Waals surface area (Å²) in [4.78, 5) is 4.61. The van der Waals surface area contributed by atoms with Crippen LogP contribution in [0.1, 0.15) is 38.5 Å². The van der Waals surface area contributed by atoms with Gasteiger partial charge in [-0.05, 0) is 80.5 Å². The monoisotopic (exact) mass is 388 g/mol. The van der Waals surface area contributed by atoms with Gasteiger partial charge in [-0.1, -0.05) is 0 Å². The average molecular weight is 389 g/mol. The van der Waals surface area contributed by atoms with Gasteiger partial charge in [-0.2, -0.15) is 0 Å². The van der Waals surface area contributed by atoms with E-state index in [0.29, 0.717) is 13.2 Å². The predicted octanol–water partition coefficient (Wildman–Crippen LogP) is 3.29. The van der Waals surface area contributed by atoms with Crippen LogP contribution in [0.5, 0.6) is 0 Å². The molecule has 5 aliphatic rings. The molecule has 1 aromatic rings. The minimum Gasteiger partial charge on any atom is -0.389 e. The predicted molar refractivity (Wildman–Crippen MR) is 108 cm³/mol. The highest BCUT2D eigenvalue weighted by Gasteiger charge is 2.51. The Labute approximate surface area is 167 Å². The first-order valence-electron chi connectivity index (χ1n) is 11.1. The van der Waals surface area contributed by atoms with Crippen LogP contribution < -0.4 is 4.90 Å². The van der Waals surface area contributed by atoms with Crippen LogP contribution in [0.15, 0.2) is 24.3 Å². The molecule has 5 fully saturated rings. The number of anilines is 1. The molecule has 1 N–H and O–H groups in total. The molecule has 4 bridgehead atoms. The number of hydrogen-bond acceptors (Lipinski definition) is 4. The Hall–Kier alpha value is -1.17. The summed E-state index contributed by atoms with van der Waals surface area (Å²) in [6, 6.07) is 6.73. The standard InChI is InChI=1S/C23H33FN2O2/c24-20-1-3-21(4-2-20)26-7-5-25(6-8-26)15-22(27)16-28-23-12-17-9-18(13-23)11-19(10-17)14-23/h1-4,17-19,22,27H,5-16H2. The van der Waals surface area contributed by atoms with Gasteiger partial charge in [0.15, 0.2) is 0 Å². The molecule has 4 saturated carbocycles. The molecule has 1 unspecified atom stereocenters. The molecule has 1 aliphatic heterocycles. The summed E-state index contributed by atoms with van der Waals surface area (Å²) in [7, 11) is 0. The number of ether oxygens (including phenoxy) is 1. The molecule has 1 heterocycles. The van der Waals surface area contributed by atoms with E-state index < -0.39 is 6.10 Å². The van der Waals surface area contributed by atoms with E-state index in [1.165, 1.54) is 50.7 Å². The molecule has 0 aromatic heterocycles. The zero-order valence-electron chi connectivity index (χ0n) is 16.7. The first-order chi connectivity index (χ1) is 13.6. The van der Waals surface area contributed by atoms with Gasteiger partial charge in [0.25, 0.3) is 0 Å². The fourth-order valence-electron chi connectivity index (χ4n) is 6.67. The molecule has 6 rings (SSSR count). The molecule has 154 valence electrons.